The summed E-state index contributed by atoms with van der Waals surface area (Å²) in [7, 11) is 0. The molecule has 2 heterocycles. The van der Waals surface area contributed by atoms with Crippen molar-refractivity contribution in [2.45, 2.75) is 6.92 Å². The van der Waals surface area contributed by atoms with Crippen molar-refractivity contribution < 1.29 is 9.18 Å². The molecule has 0 atom stereocenters. The van der Waals surface area contributed by atoms with E-state index in [0.717, 1.165) is 16.7 Å². The molecular weight excluding hydrogens is 367 g/mol. The highest BCUT2D eigenvalue weighted by atomic mass is 35.5. The Hall–Kier alpha value is -3.25. The van der Waals surface area contributed by atoms with Crippen LogP contribution < -0.4 is 5.32 Å². The number of nitrogens with one attached hydrogen (secondary N) is 1. The van der Waals surface area contributed by atoms with Crippen molar-refractivity contribution in [3.05, 3.63) is 83.0 Å². The average Bonchev–Trinajstić information content (AvgIpc) is 3.05. The van der Waals surface area contributed by atoms with Gasteiger partial charge in [-0.05, 0) is 72.1 Å². The van der Waals surface area contributed by atoms with Crippen molar-refractivity contribution in [1.29, 1.82) is 0 Å². The lowest BCUT2D eigenvalue weighted by atomic mass is 10.00. The monoisotopic (exact) mass is 380 g/mol. The van der Waals surface area contributed by atoms with Gasteiger partial charge in [0.1, 0.15) is 5.82 Å². The van der Waals surface area contributed by atoms with E-state index in [-0.39, 0.29) is 17.0 Å². The van der Waals surface area contributed by atoms with Crippen molar-refractivity contribution in [2.24, 2.45) is 0 Å². The first-order valence-corrected chi connectivity index (χ1v) is 8.58. The van der Waals surface area contributed by atoms with Gasteiger partial charge in [-0.1, -0.05) is 12.1 Å². The highest BCUT2D eigenvalue weighted by Crippen LogP contribution is 2.27. The SMILES string of the molecule is Cc1ccc(-c2cccn3c(Cl)nnc23)cc1C(=O)Nc1ccc(F)cc1. The minimum Gasteiger partial charge on any atom is -0.322 e. The number of aryl methyl sites for hydroxylation is 1. The normalized spacial score (nSPS) is 10.9. The summed E-state index contributed by atoms with van der Waals surface area (Å²) in [5.41, 5.74) is 4.11. The molecule has 4 aromatic rings. The molecule has 4 rings (SSSR count). The number of rotatable bonds is 3. The Morgan fingerprint density at radius 2 is 1.89 bits per heavy atom. The number of hydrogen-bond donors (Lipinski definition) is 1. The smallest absolute Gasteiger partial charge is 0.255 e. The fourth-order valence-corrected chi connectivity index (χ4v) is 3.05. The van der Waals surface area contributed by atoms with Gasteiger partial charge in [0, 0.05) is 23.0 Å². The van der Waals surface area contributed by atoms with Gasteiger partial charge in [0.2, 0.25) is 5.28 Å². The molecule has 0 saturated heterocycles. The predicted octanol–water partition coefficient (Wildman–Crippen LogP) is 4.75. The first-order valence-electron chi connectivity index (χ1n) is 8.20. The number of aromatic nitrogens is 3. The molecule has 2 aromatic carbocycles. The first kappa shape index (κ1) is 17.2. The van der Waals surface area contributed by atoms with Crippen LogP contribution in [0.15, 0.2) is 60.8 Å². The van der Waals surface area contributed by atoms with Gasteiger partial charge in [-0.15, -0.1) is 10.2 Å². The number of nitrogens with zero attached hydrogens (tertiary/aromatic N) is 3. The molecule has 1 amide bonds. The van der Waals surface area contributed by atoms with Gasteiger partial charge in [0.05, 0.1) is 0 Å². The Kier molecular flexibility index (Phi) is 4.33. The summed E-state index contributed by atoms with van der Waals surface area (Å²) in [6, 6.07) is 15.0. The standard InChI is InChI=1S/C20H14ClFN4O/c1-12-4-5-13(16-3-2-10-26-18(16)24-25-20(26)21)11-17(12)19(27)23-15-8-6-14(22)7-9-15/h2-11H,1H3,(H,23,27). The van der Waals surface area contributed by atoms with Crippen LogP contribution in [-0.2, 0) is 0 Å². The Morgan fingerprint density at radius 3 is 2.67 bits per heavy atom. The zero-order valence-electron chi connectivity index (χ0n) is 14.3. The fraction of sp³-hybridized carbons (Fsp3) is 0.0500. The number of amides is 1. The van der Waals surface area contributed by atoms with Crippen LogP contribution in [0.25, 0.3) is 16.8 Å². The molecule has 0 aliphatic carbocycles. The molecule has 0 aliphatic heterocycles. The van der Waals surface area contributed by atoms with Gasteiger partial charge in [-0.3, -0.25) is 9.20 Å². The van der Waals surface area contributed by atoms with Crippen molar-refractivity contribution in [1.82, 2.24) is 14.6 Å². The van der Waals surface area contributed by atoms with Crippen LogP contribution in [0.4, 0.5) is 10.1 Å². The van der Waals surface area contributed by atoms with Crippen LogP contribution in [0.5, 0.6) is 0 Å². The summed E-state index contributed by atoms with van der Waals surface area (Å²) in [5, 5.41) is 11.1. The molecule has 7 heteroatoms. The van der Waals surface area contributed by atoms with Gasteiger partial charge in [-0.25, -0.2) is 4.39 Å². The highest BCUT2D eigenvalue weighted by molar-refractivity contribution is 6.28. The maximum Gasteiger partial charge on any atom is 0.255 e. The summed E-state index contributed by atoms with van der Waals surface area (Å²) in [4.78, 5) is 12.7. The second-order valence-electron chi connectivity index (χ2n) is 6.08. The third-order valence-electron chi connectivity index (χ3n) is 4.29. The zero-order chi connectivity index (χ0) is 19.0. The number of anilines is 1. The third-order valence-corrected chi connectivity index (χ3v) is 4.55. The van der Waals surface area contributed by atoms with Gasteiger partial charge in [0.25, 0.3) is 5.91 Å². The largest absolute Gasteiger partial charge is 0.322 e. The summed E-state index contributed by atoms with van der Waals surface area (Å²) >= 11 is 6.04. The lowest BCUT2D eigenvalue weighted by Gasteiger charge is -2.11. The highest BCUT2D eigenvalue weighted by Gasteiger charge is 2.14. The molecule has 0 aliphatic rings. The van der Waals surface area contributed by atoms with E-state index in [9.17, 15) is 9.18 Å². The number of hydrogen-bond acceptors (Lipinski definition) is 3. The molecule has 0 unspecified atom stereocenters. The zero-order valence-corrected chi connectivity index (χ0v) is 15.0. The van der Waals surface area contributed by atoms with Crippen molar-refractivity contribution in [3.63, 3.8) is 0 Å². The first-order chi connectivity index (χ1) is 13.0. The predicted molar refractivity (Wildman–Crippen MR) is 103 cm³/mol. The van der Waals surface area contributed by atoms with Crippen LogP contribution in [0.1, 0.15) is 15.9 Å². The molecule has 0 saturated carbocycles. The van der Waals surface area contributed by atoms with Crippen molar-refractivity contribution in [2.75, 3.05) is 5.32 Å². The van der Waals surface area contributed by atoms with E-state index in [1.807, 2.05) is 31.2 Å². The van der Waals surface area contributed by atoms with E-state index in [2.05, 4.69) is 15.5 Å². The summed E-state index contributed by atoms with van der Waals surface area (Å²) < 4.78 is 14.7. The molecule has 0 spiro atoms. The molecule has 0 radical (unpaired) electrons. The van der Waals surface area contributed by atoms with E-state index in [1.54, 1.807) is 16.7 Å². The Labute approximate surface area is 159 Å². The van der Waals surface area contributed by atoms with E-state index in [1.165, 1.54) is 24.3 Å². The Bertz CT molecular complexity index is 1150. The minimum absolute atomic E-state index is 0.271. The maximum absolute atomic E-state index is 13.0. The molecule has 5 nitrogen and oxygen atoms in total. The van der Waals surface area contributed by atoms with Crippen LogP contribution in [0.2, 0.25) is 5.28 Å². The lowest BCUT2D eigenvalue weighted by molar-refractivity contribution is 0.102. The van der Waals surface area contributed by atoms with E-state index in [4.69, 9.17) is 11.6 Å². The van der Waals surface area contributed by atoms with E-state index < -0.39 is 0 Å². The quantitative estimate of drug-likeness (QED) is 0.558. The minimum atomic E-state index is -0.355. The second kappa shape index (κ2) is 6.81. The number of pyridine rings is 1. The maximum atomic E-state index is 13.0. The van der Waals surface area contributed by atoms with Crippen LogP contribution in [0.3, 0.4) is 0 Å². The van der Waals surface area contributed by atoms with E-state index in [0.29, 0.717) is 16.9 Å². The van der Waals surface area contributed by atoms with Gasteiger partial charge in [-0.2, -0.15) is 0 Å². The van der Waals surface area contributed by atoms with Crippen LogP contribution >= 0.6 is 11.6 Å². The van der Waals surface area contributed by atoms with Gasteiger partial charge in [0.15, 0.2) is 5.65 Å². The summed E-state index contributed by atoms with van der Waals surface area (Å²) in [5.74, 6) is -0.626. The van der Waals surface area contributed by atoms with Crippen LogP contribution in [-0.4, -0.2) is 20.5 Å². The Balaban J connectivity index is 1.72. The molecule has 0 bridgehead atoms. The molecule has 27 heavy (non-hydrogen) atoms. The Morgan fingerprint density at radius 1 is 1.11 bits per heavy atom. The van der Waals surface area contributed by atoms with Gasteiger partial charge >= 0.3 is 0 Å². The van der Waals surface area contributed by atoms with Crippen molar-refractivity contribution in [3.8, 4) is 11.1 Å². The number of carbonyl (C=O) groups is 1. The second-order valence-corrected chi connectivity index (χ2v) is 6.41. The molecule has 134 valence electrons. The number of benzene rings is 2. The summed E-state index contributed by atoms with van der Waals surface area (Å²) in [6.07, 6.45) is 1.78. The third kappa shape index (κ3) is 3.27. The molecule has 0 fully saturated rings. The van der Waals surface area contributed by atoms with Crippen molar-refractivity contribution >= 4 is 28.8 Å². The molecule has 2 aromatic heterocycles. The average molecular weight is 381 g/mol. The van der Waals surface area contributed by atoms with Crippen LogP contribution in [0, 0.1) is 12.7 Å². The summed E-state index contributed by atoms with van der Waals surface area (Å²) in [6.45, 7) is 1.86. The number of carbonyl (C=O) groups excluding carboxylic acids is 1. The fourth-order valence-electron chi connectivity index (χ4n) is 2.88. The van der Waals surface area contributed by atoms with Gasteiger partial charge < -0.3 is 5.32 Å². The lowest BCUT2D eigenvalue weighted by Crippen LogP contribution is -2.13. The number of fused-ring (bicyclic) bond motifs is 1. The molecule has 1 N–H and O–H groups in total. The number of halogens is 2. The van der Waals surface area contributed by atoms with E-state index >= 15 is 0 Å². The topological polar surface area (TPSA) is 59.3 Å². The molecular formula is C20H14ClFN4O.